The van der Waals surface area contributed by atoms with Crippen molar-refractivity contribution in [2.75, 3.05) is 13.7 Å². The molecule has 0 saturated carbocycles. The molecule has 2 atom stereocenters. The summed E-state index contributed by atoms with van der Waals surface area (Å²) >= 11 is 5.73. The molecule has 4 rings (SSSR count). The quantitative estimate of drug-likeness (QED) is 0.576. The van der Waals surface area contributed by atoms with Gasteiger partial charge in [-0.15, -0.1) is 0 Å². The Hall–Kier alpha value is -2.86. The Morgan fingerprint density at radius 2 is 1.97 bits per heavy atom. The van der Waals surface area contributed by atoms with Crippen molar-refractivity contribution >= 4 is 17.3 Å². The third-order valence-electron chi connectivity index (χ3n) is 5.76. The van der Waals surface area contributed by atoms with Gasteiger partial charge in [0, 0.05) is 35.9 Å². The molecule has 30 heavy (non-hydrogen) atoms. The molecule has 1 saturated heterocycles. The predicted molar refractivity (Wildman–Crippen MR) is 124 cm³/mol. The van der Waals surface area contributed by atoms with Crippen LogP contribution in [0.25, 0.3) is 5.69 Å². The normalized spacial score (nSPS) is 18.5. The van der Waals surface area contributed by atoms with Crippen LogP contribution < -0.4 is 10.1 Å². The molecule has 3 aromatic rings. The summed E-state index contributed by atoms with van der Waals surface area (Å²) in [5, 5.41) is 4.33. The molecule has 0 radical (unpaired) electrons. The number of rotatable bonds is 6. The van der Waals surface area contributed by atoms with E-state index in [0.29, 0.717) is 0 Å². The standard InChI is InChI=1S/C24H28N4OS/c1-5-13-27-23(22(26-24(27)30)21-11-6-7-12-25-21)20-14-16(2)28(17(20)3)18-9-8-10-19(15-18)29-4/h6-12,14-15,22-23H,5,13H2,1-4H3,(H,26,30)/t22-,23-/m1/s1. The van der Waals surface area contributed by atoms with E-state index in [-0.39, 0.29) is 12.1 Å². The third-order valence-corrected chi connectivity index (χ3v) is 6.12. The highest BCUT2D eigenvalue weighted by Crippen LogP contribution is 2.41. The van der Waals surface area contributed by atoms with Gasteiger partial charge in [0.2, 0.25) is 0 Å². The second-order valence-electron chi connectivity index (χ2n) is 7.68. The summed E-state index contributed by atoms with van der Waals surface area (Å²) in [6, 6.07) is 16.6. The van der Waals surface area contributed by atoms with Crippen molar-refractivity contribution in [3.8, 4) is 11.4 Å². The van der Waals surface area contributed by atoms with Crippen LogP contribution in [0.1, 0.15) is 48.1 Å². The minimum Gasteiger partial charge on any atom is -0.497 e. The zero-order chi connectivity index (χ0) is 21.3. The van der Waals surface area contributed by atoms with Crippen molar-refractivity contribution in [1.82, 2.24) is 19.8 Å². The van der Waals surface area contributed by atoms with E-state index in [1.54, 1.807) is 7.11 Å². The molecule has 0 aliphatic carbocycles. The molecule has 0 unspecified atom stereocenters. The minimum atomic E-state index is 0.0181. The van der Waals surface area contributed by atoms with Crippen LogP contribution in [0.2, 0.25) is 0 Å². The van der Waals surface area contributed by atoms with Crippen LogP contribution in [-0.4, -0.2) is 33.2 Å². The lowest BCUT2D eigenvalue weighted by Gasteiger charge is -2.27. The Morgan fingerprint density at radius 3 is 2.67 bits per heavy atom. The van der Waals surface area contributed by atoms with Crippen molar-refractivity contribution in [3.05, 3.63) is 77.4 Å². The molecule has 2 aromatic heterocycles. The Bertz CT molecular complexity index is 1050. The first-order chi connectivity index (χ1) is 14.5. The molecule has 1 aliphatic heterocycles. The minimum absolute atomic E-state index is 0.0181. The summed E-state index contributed by atoms with van der Waals surface area (Å²) in [7, 11) is 1.70. The highest BCUT2D eigenvalue weighted by atomic mass is 32.1. The van der Waals surface area contributed by atoms with Gasteiger partial charge in [0.25, 0.3) is 0 Å². The van der Waals surface area contributed by atoms with Crippen molar-refractivity contribution in [3.63, 3.8) is 0 Å². The molecule has 1 N–H and O–H groups in total. The van der Waals surface area contributed by atoms with E-state index in [4.69, 9.17) is 17.0 Å². The van der Waals surface area contributed by atoms with Gasteiger partial charge < -0.3 is 19.5 Å². The van der Waals surface area contributed by atoms with Crippen LogP contribution in [0.4, 0.5) is 0 Å². The average Bonchev–Trinajstić information content (AvgIpc) is 3.24. The van der Waals surface area contributed by atoms with Crippen LogP contribution in [0.5, 0.6) is 5.75 Å². The predicted octanol–water partition coefficient (Wildman–Crippen LogP) is 4.88. The molecule has 1 fully saturated rings. The lowest BCUT2D eigenvalue weighted by molar-refractivity contribution is 0.316. The lowest BCUT2D eigenvalue weighted by Crippen LogP contribution is -2.30. The van der Waals surface area contributed by atoms with Crippen molar-refractivity contribution in [1.29, 1.82) is 0 Å². The average molecular weight is 421 g/mol. The number of nitrogens with zero attached hydrogens (tertiary/aromatic N) is 3. The first-order valence-electron chi connectivity index (χ1n) is 10.4. The third kappa shape index (κ3) is 3.56. The first kappa shape index (κ1) is 20.4. The highest BCUT2D eigenvalue weighted by Gasteiger charge is 2.40. The Morgan fingerprint density at radius 1 is 1.13 bits per heavy atom. The summed E-state index contributed by atoms with van der Waals surface area (Å²) in [5.74, 6) is 0.851. The number of methoxy groups -OCH3 is 1. The van der Waals surface area contributed by atoms with Gasteiger partial charge >= 0.3 is 0 Å². The number of ether oxygens (including phenoxy) is 1. The lowest BCUT2D eigenvalue weighted by atomic mass is 9.96. The smallest absolute Gasteiger partial charge is 0.170 e. The van der Waals surface area contributed by atoms with Crippen molar-refractivity contribution in [2.24, 2.45) is 0 Å². The SMILES string of the molecule is CCCN1C(=S)N[C@H](c2ccccn2)[C@H]1c1cc(C)n(-c2cccc(OC)c2)c1C. The van der Waals surface area contributed by atoms with Gasteiger partial charge in [0.15, 0.2) is 5.11 Å². The van der Waals surface area contributed by atoms with E-state index in [1.165, 1.54) is 17.0 Å². The summed E-state index contributed by atoms with van der Waals surface area (Å²) in [6.07, 6.45) is 2.88. The molecular formula is C24H28N4OS. The number of hydrogen-bond acceptors (Lipinski definition) is 3. The van der Waals surface area contributed by atoms with E-state index in [0.717, 1.165) is 35.2 Å². The second kappa shape index (κ2) is 8.48. The van der Waals surface area contributed by atoms with E-state index < -0.39 is 0 Å². The number of hydrogen-bond donors (Lipinski definition) is 1. The van der Waals surface area contributed by atoms with Gasteiger partial charge in [-0.1, -0.05) is 19.1 Å². The fraction of sp³-hybridized carbons (Fsp3) is 0.333. The summed E-state index contributed by atoms with van der Waals surface area (Å²) < 4.78 is 7.73. The van der Waals surface area contributed by atoms with E-state index in [9.17, 15) is 0 Å². The monoisotopic (exact) mass is 420 g/mol. The second-order valence-corrected chi connectivity index (χ2v) is 8.07. The Labute approximate surface area is 183 Å². The number of aromatic nitrogens is 2. The van der Waals surface area contributed by atoms with Gasteiger partial charge in [0.1, 0.15) is 5.75 Å². The van der Waals surface area contributed by atoms with Gasteiger partial charge in [-0.3, -0.25) is 4.98 Å². The number of thiocarbonyl (C=S) groups is 1. The Balaban J connectivity index is 1.83. The zero-order valence-corrected chi connectivity index (χ0v) is 18.7. The van der Waals surface area contributed by atoms with Crippen molar-refractivity contribution in [2.45, 2.75) is 39.3 Å². The molecule has 156 valence electrons. The maximum atomic E-state index is 5.73. The summed E-state index contributed by atoms with van der Waals surface area (Å²) in [4.78, 5) is 6.94. The number of aryl methyl sites for hydroxylation is 1. The van der Waals surface area contributed by atoms with Gasteiger partial charge in [0.05, 0.1) is 24.9 Å². The summed E-state index contributed by atoms with van der Waals surface area (Å²) in [6.45, 7) is 7.43. The van der Waals surface area contributed by atoms with Crippen LogP contribution >= 0.6 is 12.2 Å². The summed E-state index contributed by atoms with van der Waals surface area (Å²) in [5.41, 5.74) is 5.77. The Kier molecular flexibility index (Phi) is 5.77. The van der Waals surface area contributed by atoms with Gasteiger partial charge in [-0.2, -0.15) is 0 Å². The largest absolute Gasteiger partial charge is 0.497 e. The van der Waals surface area contributed by atoms with Crippen LogP contribution in [-0.2, 0) is 0 Å². The number of benzene rings is 1. The molecule has 6 heteroatoms. The molecule has 3 heterocycles. The topological polar surface area (TPSA) is 42.3 Å². The molecular weight excluding hydrogens is 392 g/mol. The number of nitrogens with one attached hydrogen (secondary N) is 1. The van der Waals surface area contributed by atoms with E-state index in [2.05, 4.69) is 64.8 Å². The molecule has 5 nitrogen and oxygen atoms in total. The van der Waals surface area contributed by atoms with E-state index >= 15 is 0 Å². The maximum absolute atomic E-state index is 5.73. The molecule has 1 aliphatic rings. The van der Waals surface area contributed by atoms with Crippen molar-refractivity contribution < 1.29 is 4.74 Å². The molecule has 1 aromatic carbocycles. The molecule has 0 amide bonds. The van der Waals surface area contributed by atoms with Crippen LogP contribution in [0.15, 0.2) is 54.7 Å². The van der Waals surface area contributed by atoms with Gasteiger partial charge in [-0.25, -0.2) is 0 Å². The van der Waals surface area contributed by atoms with E-state index in [1.807, 2.05) is 30.5 Å². The van der Waals surface area contributed by atoms with Crippen LogP contribution in [0.3, 0.4) is 0 Å². The van der Waals surface area contributed by atoms with Crippen LogP contribution in [0, 0.1) is 13.8 Å². The zero-order valence-electron chi connectivity index (χ0n) is 17.9. The molecule has 0 bridgehead atoms. The first-order valence-corrected chi connectivity index (χ1v) is 10.8. The van der Waals surface area contributed by atoms with Gasteiger partial charge in [-0.05, 0) is 68.4 Å². The number of pyridine rings is 1. The highest BCUT2D eigenvalue weighted by molar-refractivity contribution is 7.80. The molecule has 0 spiro atoms. The fourth-order valence-corrected chi connectivity index (χ4v) is 4.79. The fourth-order valence-electron chi connectivity index (χ4n) is 4.46. The maximum Gasteiger partial charge on any atom is 0.170 e.